The smallest absolute Gasteiger partial charge is 0.305 e. The first-order valence-electron chi connectivity index (χ1n) is 34.3. The summed E-state index contributed by atoms with van der Waals surface area (Å²) in [5.74, 6) is -0.0705. The average molecular weight is 1070 g/mol. The van der Waals surface area contributed by atoms with Crippen LogP contribution < -0.4 is 5.32 Å². The van der Waals surface area contributed by atoms with Gasteiger partial charge in [0.25, 0.3) is 0 Å². The van der Waals surface area contributed by atoms with E-state index in [0.717, 1.165) is 51.4 Å². The lowest BCUT2D eigenvalue weighted by molar-refractivity contribution is -0.143. The molecule has 0 aromatic heterocycles. The van der Waals surface area contributed by atoms with Crippen molar-refractivity contribution in [3.05, 3.63) is 36.5 Å². The number of aliphatic hydroxyl groups excluding tert-OH is 2. The maximum atomic E-state index is 12.5. The summed E-state index contributed by atoms with van der Waals surface area (Å²) in [7, 11) is 0. The molecule has 0 aliphatic carbocycles. The summed E-state index contributed by atoms with van der Waals surface area (Å²) in [5, 5.41) is 23.3. The van der Waals surface area contributed by atoms with E-state index >= 15 is 0 Å². The fourth-order valence-corrected chi connectivity index (χ4v) is 10.6. The van der Waals surface area contributed by atoms with E-state index in [0.29, 0.717) is 19.4 Å². The highest BCUT2D eigenvalue weighted by atomic mass is 16.5. The van der Waals surface area contributed by atoms with Crippen molar-refractivity contribution in [1.82, 2.24) is 5.32 Å². The first-order chi connectivity index (χ1) is 37.5. The quantitative estimate of drug-likeness (QED) is 0.0320. The molecule has 0 radical (unpaired) electrons. The predicted molar refractivity (Wildman–Crippen MR) is 333 cm³/mol. The molecule has 2 unspecified atom stereocenters. The van der Waals surface area contributed by atoms with Gasteiger partial charge in [-0.3, -0.25) is 9.59 Å². The number of amides is 1. The van der Waals surface area contributed by atoms with Crippen LogP contribution in [0.5, 0.6) is 0 Å². The van der Waals surface area contributed by atoms with Gasteiger partial charge in [-0.1, -0.05) is 320 Å². The molecule has 3 N–H and O–H groups in total. The fourth-order valence-electron chi connectivity index (χ4n) is 10.6. The number of aliphatic hydroxyl groups is 2. The Bertz CT molecular complexity index is 1230. The average Bonchev–Trinajstić information content (AvgIpc) is 3.42. The maximum absolute atomic E-state index is 12.5. The number of hydrogen-bond acceptors (Lipinski definition) is 5. The molecule has 0 aromatic rings. The summed E-state index contributed by atoms with van der Waals surface area (Å²) in [6.07, 6.45) is 83.6. The summed E-state index contributed by atoms with van der Waals surface area (Å²) in [6, 6.07) is -0.634. The molecule has 2 atom stereocenters. The minimum atomic E-state index is -0.850. The third-order valence-corrected chi connectivity index (χ3v) is 15.9. The molecule has 0 bridgehead atoms. The van der Waals surface area contributed by atoms with Crippen LogP contribution in [0.3, 0.4) is 0 Å². The number of rotatable bonds is 64. The molecule has 1 amide bonds. The maximum Gasteiger partial charge on any atom is 0.305 e. The van der Waals surface area contributed by atoms with Gasteiger partial charge in [0.2, 0.25) is 5.91 Å². The first kappa shape index (κ1) is 74.1. The summed E-state index contributed by atoms with van der Waals surface area (Å²) in [4.78, 5) is 24.5. The molecule has 0 heterocycles. The fraction of sp³-hybridized carbons (Fsp3) is 0.886. The second-order valence-electron chi connectivity index (χ2n) is 23.5. The van der Waals surface area contributed by atoms with Crippen LogP contribution >= 0.6 is 0 Å². The zero-order valence-corrected chi connectivity index (χ0v) is 51.3. The number of esters is 1. The van der Waals surface area contributed by atoms with Gasteiger partial charge in [-0.15, -0.1) is 0 Å². The molecular formula is C70H133NO5. The Morgan fingerprint density at radius 2 is 0.632 bits per heavy atom. The molecule has 6 nitrogen and oxygen atoms in total. The van der Waals surface area contributed by atoms with Gasteiger partial charge in [-0.25, -0.2) is 0 Å². The van der Waals surface area contributed by atoms with Gasteiger partial charge in [-0.2, -0.15) is 0 Å². The van der Waals surface area contributed by atoms with Gasteiger partial charge >= 0.3 is 5.97 Å². The van der Waals surface area contributed by atoms with Crippen molar-refractivity contribution in [2.75, 3.05) is 13.2 Å². The highest BCUT2D eigenvalue weighted by molar-refractivity contribution is 5.76. The zero-order chi connectivity index (χ0) is 55.0. The Morgan fingerprint density at radius 3 is 0.974 bits per heavy atom. The van der Waals surface area contributed by atoms with Crippen molar-refractivity contribution < 1.29 is 24.5 Å². The van der Waals surface area contributed by atoms with Crippen LogP contribution in [0, 0.1) is 0 Å². The van der Waals surface area contributed by atoms with Crippen LogP contribution in [-0.4, -0.2) is 47.4 Å². The van der Waals surface area contributed by atoms with E-state index in [1.165, 1.54) is 295 Å². The molecular weight excluding hydrogens is 935 g/mol. The summed E-state index contributed by atoms with van der Waals surface area (Å²) >= 11 is 0. The van der Waals surface area contributed by atoms with Gasteiger partial charge in [-0.05, 0) is 77.0 Å². The molecule has 0 rings (SSSR count). The van der Waals surface area contributed by atoms with Gasteiger partial charge < -0.3 is 20.3 Å². The Morgan fingerprint density at radius 1 is 0.355 bits per heavy atom. The molecule has 0 saturated carbocycles. The Hall–Kier alpha value is -1.92. The third-order valence-electron chi connectivity index (χ3n) is 15.9. The van der Waals surface area contributed by atoms with Crippen molar-refractivity contribution in [3.8, 4) is 0 Å². The van der Waals surface area contributed by atoms with E-state index in [-0.39, 0.29) is 18.5 Å². The molecule has 0 spiro atoms. The minimum absolute atomic E-state index is 0.000205. The normalized spacial score (nSPS) is 12.7. The largest absolute Gasteiger partial charge is 0.466 e. The van der Waals surface area contributed by atoms with Crippen LogP contribution in [0.15, 0.2) is 36.5 Å². The van der Waals surface area contributed by atoms with Crippen LogP contribution in [-0.2, 0) is 14.3 Å². The van der Waals surface area contributed by atoms with Crippen LogP contribution in [0.1, 0.15) is 373 Å². The SMILES string of the molecule is CCCC/C=C\CCCCCCCC(=O)OCCCCCCCCCCCCCC/C=C\CCCCCCCCCC(=O)NC(CO)C(O)/C=C/CCCCCCCCCCCCCCCCCCCCCCCCC. The van der Waals surface area contributed by atoms with Gasteiger partial charge in [0.05, 0.1) is 25.4 Å². The number of carbonyl (C=O) groups is 2. The van der Waals surface area contributed by atoms with Crippen molar-refractivity contribution in [2.24, 2.45) is 0 Å². The van der Waals surface area contributed by atoms with Crippen molar-refractivity contribution in [2.45, 2.75) is 386 Å². The highest BCUT2D eigenvalue weighted by Gasteiger charge is 2.18. The van der Waals surface area contributed by atoms with E-state index < -0.39 is 12.1 Å². The number of carbonyl (C=O) groups excluding carboxylic acids is 2. The van der Waals surface area contributed by atoms with Gasteiger partial charge in [0.15, 0.2) is 0 Å². The molecule has 0 aliphatic heterocycles. The number of unbranched alkanes of at least 4 members (excludes halogenated alkanes) is 49. The molecule has 0 fully saturated rings. The molecule has 448 valence electrons. The van der Waals surface area contributed by atoms with E-state index in [1.807, 2.05) is 6.08 Å². The lowest BCUT2D eigenvalue weighted by Gasteiger charge is -2.20. The Kier molecular flexibility index (Phi) is 63.9. The molecule has 0 saturated heterocycles. The highest BCUT2D eigenvalue weighted by Crippen LogP contribution is 2.18. The number of allylic oxidation sites excluding steroid dienone is 5. The number of ether oxygens (including phenoxy) is 1. The van der Waals surface area contributed by atoms with Crippen LogP contribution in [0.4, 0.5) is 0 Å². The number of nitrogens with one attached hydrogen (secondary N) is 1. The van der Waals surface area contributed by atoms with E-state index in [2.05, 4.69) is 43.5 Å². The Labute approximate surface area is 474 Å². The molecule has 0 aromatic carbocycles. The van der Waals surface area contributed by atoms with Crippen molar-refractivity contribution in [1.29, 1.82) is 0 Å². The lowest BCUT2D eigenvalue weighted by atomic mass is 10.0. The topological polar surface area (TPSA) is 95.9 Å². The Balaban J connectivity index is 3.45. The van der Waals surface area contributed by atoms with E-state index in [4.69, 9.17) is 4.74 Å². The van der Waals surface area contributed by atoms with E-state index in [9.17, 15) is 19.8 Å². The predicted octanol–water partition coefficient (Wildman–Crippen LogP) is 21.9. The molecule has 0 aliphatic rings. The monoisotopic (exact) mass is 1070 g/mol. The second kappa shape index (κ2) is 65.6. The first-order valence-corrected chi connectivity index (χ1v) is 34.3. The molecule has 76 heavy (non-hydrogen) atoms. The van der Waals surface area contributed by atoms with Gasteiger partial charge in [0.1, 0.15) is 0 Å². The zero-order valence-electron chi connectivity index (χ0n) is 51.3. The third kappa shape index (κ3) is 61.3. The summed E-state index contributed by atoms with van der Waals surface area (Å²) in [6.45, 7) is 4.89. The standard InChI is InChI=1S/C70H133NO5/c1-3-5-7-9-11-13-15-16-17-18-19-20-21-22-24-27-30-33-36-39-43-46-50-54-58-62-68(73)67(66-72)71-69(74)63-59-55-51-47-44-40-37-34-31-28-25-23-26-29-32-35-38-41-45-49-53-57-61-65-76-70(75)64-60-56-52-48-42-14-12-10-8-6-4-2/h10,12,28,31,58,62,67-68,72-73H,3-9,11,13-27,29-30,32-57,59-61,63-66H2,1-2H3,(H,71,74)/b12-10-,31-28-,62-58+. The van der Waals surface area contributed by atoms with E-state index in [1.54, 1.807) is 6.08 Å². The summed E-state index contributed by atoms with van der Waals surface area (Å²) < 4.78 is 5.46. The second-order valence-corrected chi connectivity index (χ2v) is 23.5. The summed E-state index contributed by atoms with van der Waals surface area (Å²) in [5.41, 5.74) is 0. The lowest BCUT2D eigenvalue weighted by Crippen LogP contribution is -2.45. The van der Waals surface area contributed by atoms with Crippen LogP contribution in [0.2, 0.25) is 0 Å². The van der Waals surface area contributed by atoms with Crippen molar-refractivity contribution in [3.63, 3.8) is 0 Å². The molecule has 6 heteroatoms. The van der Waals surface area contributed by atoms with Crippen molar-refractivity contribution >= 4 is 11.9 Å². The van der Waals surface area contributed by atoms with Crippen LogP contribution in [0.25, 0.3) is 0 Å². The minimum Gasteiger partial charge on any atom is -0.466 e. The number of hydrogen-bond donors (Lipinski definition) is 3. The van der Waals surface area contributed by atoms with Gasteiger partial charge in [0, 0.05) is 12.8 Å².